The molecule has 0 bridgehead atoms. The number of carbonyl (C=O) groups is 3. The second kappa shape index (κ2) is 18.2. The molecule has 0 spiro atoms. The Balaban J connectivity index is 1.66. The van der Waals surface area contributed by atoms with Crippen molar-refractivity contribution in [3.8, 4) is 0 Å². The molecule has 14 heteroatoms. The summed E-state index contributed by atoms with van der Waals surface area (Å²) in [5.41, 5.74) is -4.66. The zero-order valence-corrected chi connectivity index (χ0v) is 34.5. The topological polar surface area (TPSA) is 159 Å². The van der Waals surface area contributed by atoms with Crippen molar-refractivity contribution in [2.45, 2.75) is 154 Å². The van der Waals surface area contributed by atoms with E-state index in [1.807, 2.05) is 50.2 Å². The van der Waals surface area contributed by atoms with Crippen molar-refractivity contribution in [2.24, 2.45) is 17.8 Å². The van der Waals surface area contributed by atoms with E-state index in [4.69, 9.17) is 23.7 Å². The number of aryl methyl sites for hydroxylation is 1. The van der Waals surface area contributed by atoms with Crippen molar-refractivity contribution < 1.29 is 52.7 Å². The maximum Gasteiger partial charge on any atom is 0.351 e. The van der Waals surface area contributed by atoms with E-state index in [2.05, 4.69) is 9.55 Å². The SMILES string of the molecule is CC[C@@H]1OC(=O)[C@@](C)(F)C(=O)[C@H](C)[C@@H](O[C@@H]2O[C@H](C)C[C@H](N(C)C)[C@H]2O)[C@@](C)(OC)C[C@@H](C)C(=O)[C@@H](C)C(OCCCCn2cnc3ccccc32)[C@]1(C)O. The minimum Gasteiger partial charge on any atom is -0.457 e. The Kier molecular flexibility index (Phi) is 14.8. The fourth-order valence-electron chi connectivity index (χ4n) is 8.52. The molecular formula is C41H64FN3O10. The minimum atomic E-state index is -3.17. The molecule has 2 aliphatic heterocycles. The van der Waals surface area contributed by atoms with E-state index < -0.39 is 77.1 Å². The summed E-state index contributed by atoms with van der Waals surface area (Å²) in [5.74, 6) is -5.90. The summed E-state index contributed by atoms with van der Waals surface area (Å²) in [5, 5.41) is 23.5. The predicted octanol–water partition coefficient (Wildman–Crippen LogP) is 4.67. The van der Waals surface area contributed by atoms with E-state index in [9.17, 15) is 24.6 Å². The number of esters is 1. The second-order valence-corrected chi connectivity index (χ2v) is 16.6. The predicted molar refractivity (Wildman–Crippen MR) is 204 cm³/mol. The van der Waals surface area contributed by atoms with Crippen molar-refractivity contribution >= 4 is 28.6 Å². The smallest absolute Gasteiger partial charge is 0.351 e. The number of aromatic nitrogens is 2. The van der Waals surface area contributed by atoms with Crippen LogP contribution < -0.4 is 0 Å². The van der Waals surface area contributed by atoms with Crippen LogP contribution in [0.15, 0.2) is 30.6 Å². The zero-order valence-electron chi connectivity index (χ0n) is 34.5. The van der Waals surface area contributed by atoms with Crippen LogP contribution in [-0.4, -0.2) is 130 Å². The second-order valence-electron chi connectivity index (χ2n) is 16.6. The molecule has 1 aromatic heterocycles. The van der Waals surface area contributed by atoms with Crippen LogP contribution >= 0.6 is 0 Å². The highest BCUT2D eigenvalue weighted by Crippen LogP contribution is 2.40. The highest BCUT2D eigenvalue weighted by Gasteiger charge is 2.56. The summed E-state index contributed by atoms with van der Waals surface area (Å²) < 4.78 is 49.3. The molecule has 2 fully saturated rings. The number of Topliss-reactive ketones (excluding diaryl/α,β-unsaturated/α-hetero) is 2. The molecule has 2 aliphatic rings. The number of carbonyl (C=O) groups excluding carboxylic acids is 3. The Labute approximate surface area is 325 Å². The average molecular weight is 778 g/mol. The number of benzene rings is 1. The molecule has 0 radical (unpaired) electrons. The number of unbranched alkanes of at least 4 members (excludes halogenated alkanes) is 1. The van der Waals surface area contributed by atoms with E-state index in [1.54, 1.807) is 34.0 Å². The Bertz CT molecular complexity index is 1620. The summed E-state index contributed by atoms with van der Waals surface area (Å²) in [4.78, 5) is 48.5. The van der Waals surface area contributed by atoms with Crippen molar-refractivity contribution in [3.63, 3.8) is 0 Å². The van der Waals surface area contributed by atoms with Crippen LogP contribution in [-0.2, 0) is 44.6 Å². The minimum absolute atomic E-state index is 0.00279. The van der Waals surface area contributed by atoms with E-state index in [1.165, 1.54) is 21.0 Å². The molecule has 13 atom stereocenters. The van der Waals surface area contributed by atoms with Crippen LogP contribution in [0.25, 0.3) is 11.0 Å². The molecule has 2 saturated heterocycles. The molecule has 0 amide bonds. The molecular weight excluding hydrogens is 713 g/mol. The van der Waals surface area contributed by atoms with Gasteiger partial charge in [0, 0.05) is 44.1 Å². The number of rotatable bonds is 11. The van der Waals surface area contributed by atoms with Crippen LogP contribution in [0.1, 0.15) is 87.5 Å². The monoisotopic (exact) mass is 777 g/mol. The van der Waals surface area contributed by atoms with Gasteiger partial charge in [-0.3, -0.25) is 9.59 Å². The van der Waals surface area contributed by atoms with Gasteiger partial charge in [0.05, 0.1) is 41.3 Å². The molecule has 2 aromatic rings. The van der Waals surface area contributed by atoms with Gasteiger partial charge in [0.1, 0.15) is 23.6 Å². The molecule has 13 nitrogen and oxygen atoms in total. The molecule has 1 aromatic carbocycles. The maximum absolute atomic E-state index is 16.7. The van der Waals surface area contributed by atoms with E-state index in [-0.39, 0.29) is 37.4 Å². The number of likely N-dealkylation sites (N-methyl/N-ethyl adjacent to an activating group) is 1. The number of cyclic esters (lactones) is 1. The summed E-state index contributed by atoms with van der Waals surface area (Å²) in [6, 6.07) is 7.48. The quantitative estimate of drug-likeness (QED) is 0.185. The molecule has 2 N–H and O–H groups in total. The number of aliphatic hydroxyl groups excluding tert-OH is 1. The third kappa shape index (κ3) is 9.65. The van der Waals surface area contributed by atoms with Crippen molar-refractivity contribution in [1.29, 1.82) is 0 Å². The number of ketones is 2. The maximum atomic E-state index is 16.7. The fraction of sp³-hybridized carbons (Fsp3) is 0.756. The first kappa shape index (κ1) is 44.9. The third-order valence-corrected chi connectivity index (χ3v) is 11.9. The largest absolute Gasteiger partial charge is 0.457 e. The van der Waals surface area contributed by atoms with E-state index in [0.717, 1.165) is 18.0 Å². The normalized spacial score (nSPS) is 38.6. The van der Waals surface area contributed by atoms with Crippen molar-refractivity contribution in [2.75, 3.05) is 27.8 Å². The van der Waals surface area contributed by atoms with Gasteiger partial charge in [-0.1, -0.05) is 39.8 Å². The van der Waals surface area contributed by atoms with Gasteiger partial charge in [-0.25, -0.2) is 14.2 Å². The third-order valence-electron chi connectivity index (χ3n) is 11.9. The summed E-state index contributed by atoms with van der Waals surface area (Å²) in [7, 11) is 5.05. The lowest BCUT2D eigenvalue weighted by atomic mass is 9.74. The van der Waals surface area contributed by atoms with Crippen LogP contribution in [0.5, 0.6) is 0 Å². The van der Waals surface area contributed by atoms with Crippen LogP contribution in [0.4, 0.5) is 4.39 Å². The van der Waals surface area contributed by atoms with Gasteiger partial charge in [-0.05, 0) is 86.0 Å². The number of nitrogens with zero attached hydrogens (tertiary/aromatic N) is 3. The van der Waals surface area contributed by atoms with Gasteiger partial charge in [-0.2, -0.15) is 0 Å². The van der Waals surface area contributed by atoms with Crippen LogP contribution in [0.3, 0.4) is 0 Å². The molecule has 310 valence electrons. The summed E-state index contributed by atoms with van der Waals surface area (Å²) in [6.45, 7) is 13.0. The van der Waals surface area contributed by atoms with E-state index in [0.29, 0.717) is 25.8 Å². The number of halogens is 1. The number of hydrogen-bond acceptors (Lipinski definition) is 12. The van der Waals surface area contributed by atoms with Crippen molar-refractivity contribution in [3.05, 3.63) is 30.6 Å². The number of fused-ring (bicyclic) bond motifs is 1. The van der Waals surface area contributed by atoms with Gasteiger partial charge >= 0.3 is 5.97 Å². The fourth-order valence-corrected chi connectivity index (χ4v) is 8.52. The Morgan fingerprint density at radius 3 is 2.35 bits per heavy atom. The summed E-state index contributed by atoms with van der Waals surface area (Å²) in [6.07, 6.45) is -2.88. The molecule has 0 saturated carbocycles. The van der Waals surface area contributed by atoms with Crippen molar-refractivity contribution in [1.82, 2.24) is 14.5 Å². The number of hydrogen-bond donors (Lipinski definition) is 2. The van der Waals surface area contributed by atoms with Gasteiger partial charge < -0.3 is 43.4 Å². The Morgan fingerprint density at radius 1 is 1.04 bits per heavy atom. The standard InChI is InChI=1S/C41H64FN3O10/c1-12-31-41(8,50)36(52-20-16-15-19-45-23-43-28-17-13-14-18-29(28)45)26(4)32(46)24(2)22-39(6,51-11)35(27(5)34(48)40(7,42)38(49)54-31)55-37-33(47)30(44(9)10)21-25(3)53-37/h13-14,17-18,23-27,30-31,33,35-37,47,50H,12,15-16,19-22H2,1-11H3/t24-,25-,26-,27+,30+,31+,33-,35-,36?,37+,39+,40+,41-/m1/s1. The highest BCUT2D eigenvalue weighted by atomic mass is 19.1. The lowest BCUT2D eigenvalue weighted by Gasteiger charge is -2.47. The van der Waals surface area contributed by atoms with Gasteiger partial charge in [0.2, 0.25) is 0 Å². The number of methoxy groups -OCH3 is 1. The van der Waals surface area contributed by atoms with E-state index >= 15 is 4.39 Å². The lowest BCUT2D eigenvalue weighted by Crippen LogP contribution is -2.61. The number of ether oxygens (including phenoxy) is 5. The summed E-state index contributed by atoms with van der Waals surface area (Å²) >= 11 is 0. The van der Waals surface area contributed by atoms with Crippen LogP contribution in [0.2, 0.25) is 0 Å². The van der Waals surface area contributed by atoms with Gasteiger partial charge in [0.15, 0.2) is 12.1 Å². The number of aliphatic hydroxyl groups is 2. The molecule has 55 heavy (non-hydrogen) atoms. The first-order valence-electron chi connectivity index (χ1n) is 19.6. The number of para-hydroxylation sites is 2. The number of imidazole rings is 1. The highest BCUT2D eigenvalue weighted by molar-refractivity contribution is 6.07. The molecule has 3 heterocycles. The number of alkyl halides is 1. The van der Waals surface area contributed by atoms with Gasteiger partial charge in [-0.15, -0.1) is 0 Å². The van der Waals surface area contributed by atoms with Gasteiger partial charge in [0.25, 0.3) is 5.67 Å². The average Bonchev–Trinajstić information content (AvgIpc) is 3.55. The van der Waals surface area contributed by atoms with Crippen LogP contribution in [0, 0.1) is 17.8 Å². The first-order valence-corrected chi connectivity index (χ1v) is 19.6. The molecule has 1 unspecified atom stereocenters. The lowest BCUT2D eigenvalue weighted by molar-refractivity contribution is -0.295. The Hall–Kier alpha value is -2.85. The first-order chi connectivity index (χ1) is 25.7. The molecule has 4 rings (SSSR count). The molecule has 0 aliphatic carbocycles. The Morgan fingerprint density at radius 2 is 1.71 bits per heavy atom. The zero-order chi connectivity index (χ0) is 41.0.